The minimum atomic E-state index is -0.338. The lowest BCUT2D eigenvalue weighted by molar-refractivity contribution is -0.135. The fraction of sp³-hybridized carbons (Fsp3) is 0.933. The smallest absolute Gasteiger partial charge is 0.239 e. The Balaban J connectivity index is 0.00000220. The van der Waals surface area contributed by atoms with Gasteiger partial charge in [-0.25, -0.2) is 0 Å². The molecule has 2 aliphatic heterocycles. The molecule has 0 spiro atoms. The molecule has 2 rings (SSSR count). The van der Waals surface area contributed by atoms with Crippen molar-refractivity contribution in [2.45, 2.75) is 32.7 Å². The van der Waals surface area contributed by atoms with Crippen molar-refractivity contribution in [3.8, 4) is 0 Å². The largest absolute Gasteiger partial charge is 0.381 e. The van der Waals surface area contributed by atoms with Gasteiger partial charge in [0, 0.05) is 39.3 Å². The Bertz CT molecular complexity index is 320. The highest BCUT2D eigenvalue weighted by atomic mass is 35.5. The summed E-state index contributed by atoms with van der Waals surface area (Å²) in [6, 6.07) is -0.338. The molecule has 0 bridgehead atoms. The van der Waals surface area contributed by atoms with E-state index in [0.29, 0.717) is 5.92 Å². The van der Waals surface area contributed by atoms with E-state index in [2.05, 4.69) is 18.7 Å². The van der Waals surface area contributed by atoms with Crippen LogP contribution in [0.5, 0.6) is 0 Å². The summed E-state index contributed by atoms with van der Waals surface area (Å²) in [5.74, 6) is 1.07. The van der Waals surface area contributed by atoms with Crippen molar-refractivity contribution in [3.05, 3.63) is 0 Å². The van der Waals surface area contributed by atoms with Crippen LogP contribution < -0.4 is 5.73 Å². The maximum atomic E-state index is 12.3. The van der Waals surface area contributed by atoms with Crippen LogP contribution in [-0.2, 0) is 9.53 Å². The summed E-state index contributed by atoms with van der Waals surface area (Å²) < 4.78 is 5.42. The summed E-state index contributed by atoms with van der Waals surface area (Å²) in [6.45, 7) is 10.6. The number of carbonyl (C=O) groups is 1. The third kappa shape index (κ3) is 5.85. The van der Waals surface area contributed by atoms with E-state index in [-0.39, 0.29) is 42.7 Å². The third-order valence-electron chi connectivity index (χ3n) is 4.77. The zero-order valence-corrected chi connectivity index (χ0v) is 15.3. The molecular weight excluding hydrogens is 325 g/mol. The topological polar surface area (TPSA) is 58.8 Å². The predicted octanol–water partition coefficient (Wildman–Crippen LogP) is 1.38. The van der Waals surface area contributed by atoms with Gasteiger partial charge in [0.1, 0.15) is 0 Å². The van der Waals surface area contributed by atoms with Gasteiger partial charge in [-0.1, -0.05) is 20.3 Å². The first-order valence-corrected chi connectivity index (χ1v) is 7.96. The molecular formula is C15H31Cl2N3O2. The molecule has 5 nitrogen and oxygen atoms in total. The van der Waals surface area contributed by atoms with E-state index in [1.807, 2.05) is 4.90 Å². The van der Waals surface area contributed by atoms with Crippen LogP contribution in [0, 0.1) is 11.8 Å². The van der Waals surface area contributed by atoms with Crippen molar-refractivity contribution in [3.63, 3.8) is 0 Å². The molecule has 2 fully saturated rings. The van der Waals surface area contributed by atoms with E-state index >= 15 is 0 Å². The number of nitrogens with two attached hydrogens (primary N) is 1. The number of carbonyl (C=O) groups excluding carboxylic acids is 1. The van der Waals surface area contributed by atoms with E-state index in [1.54, 1.807) is 0 Å². The lowest BCUT2D eigenvalue weighted by Gasteiger charge is -2.37. The number of ether oxygens (including phenoxy) is 1. The first kappa shape index (κ1) is 21.9. The van der Waals surface area contributed by atoms with E-state index in [4.69, 9.17) is 10.5 Å². The van der Waals surface area contributed by atoms with E-state index < -0.39 is 0 Å². The average Bonchev–Trinajstić information content (AvgIpc) is 2.98. The molecule has 7 heteroatoms. The Morgan fingerprint density at radius 3 is 2.41 bits per heavy atom. The Morgan fingerprint density at radius 1 is 1.27 bits per heavy atom. The highest BCUT2D eigenvalue weighted by Crippen LogP contribution is 2.16. The molecule has 0 radical (unpaired) electrons. The Morgan fingerprint density at radius 2 is 1.91 bits per heavy atom. The van der Waals surface area contributed by atoms with E-state index in [1.165, 1.54) is 6.42 Å². The highest BCUT2D eigenvalue weighted by molar-refractivity contribution is 5.85. The minimum Gasteiger partial charge on any atom is -0.381 e. The summed E-state index contributed by atoms with van der Waals surface area (Å²) in [5.41, 5.74) is 6.05. The molecule has 0 saturated carbocycles. The number of halogens is 2. The Kier molecular flexibility index (Phi) is 10.6. The van der Waals surface area contributed by atoms with Crippen molar-refractivity contribution in [2.24, 2.45) is 17.6 Å². The summed E-state index contributed by atoms with van der Waals surface area (Å²) in [5, 5.41) is 0. The number of hydrogen-bond donors (Lipinski definition) is 1. The first-order valence-electron chi connectivity index (χ1n) is 7.96. The number of amides is 1. The van der Waals surface area contributed by atoms with Gasteiger partial charge in [0.15, 0.2) is 0 Å². The van der Waals surface area contributed by atoms with Crippen LogP contribution in [0.25, 0.3) is 0 Å². The number of hydrogen-bond acceptors (Lipinski definition) is 4. The zero-order valence-electron chi connectivity index (χ0n) is 13.7. The van der Waals surface area contributed by atoms with Crippen LogP contribution in [0.3, 0.4) is 0 Å². The quantitative estimate of drug-likeness (QED) is 0.809. The monoisotopic (exact) mass is 355 g/mol. The van der Waals surface area contributed by atoms with Crippen molar-refractivity contribution < 1.29 is 9.53 Å². The van der Waals surface area contributed by atoms with Crippen molar-refractivity contribution >= 4 is 30.7 Å². The molecule has 3 unspecified atom stereocenters. The second kappa shape index (κ2) is 10.7. The molecule has 22 heavy (non-hydrogen) atoms. The second-order valence-electron chi connectivity index (χ2n) is 6.27. The molecule has 0 aromatic heterocycles. The molecule has 2 aliphatic rings. The maximum Gasteiger partial charge on any atom is 0.239 e. The molecule has 2 saturated heterocycles. The van der Waals surface area contributed by atoms with Gasteiger partial charge >= 0.3 is 0 Å². The summed E-state index contributed by atoms with van der Waals surface area (Å²) in [4.78, 5) is 16.7. The predicted molar refractivity (Wildman–Crippen MR) is 93.9 cm³/mol. The van der Waals surface area contributed by atoms with Crippen molar-refractivity contribution in [1.82, 2.24) is 9.80 Å². The first-order chi connectivity index (χ1) is 9.61. The summed E-state index contributed by atoms with van der Waals surface area (Å²) in [7, 11) is 0. The number of nitrogens with zero attached hydrogens (tertiary/aromatic N) is 2. The molecule has 2 N–H and O–H groups in total. The molecule has 1 amide bonds. The molecule has 132 valence electrons. The van der Waals surface area contributed by atoms with Gasteiger partial charge in [-0.2, -0.15) is 0 Å². The molecule has 0 aromatic carbocycles. The Labute approximate surface area is 146 Å². The standard InChI is InChI=1S/C15H29N3O2.2ClH/c1-3-12(2)14(16)15(19)18-7-5-17(6-8-18)10-13-4-9-20-11-13;;/h12-14H,3-11,16H2,1-2H3;2*1H. The van der Waals surface area contributed by atoms with Gasteiger partial charge in [0.2, 0.25) is 5.91 Å². The van der Waals surface area contributed by atoms with Crippen LogP contribution in [0.1, 0.15) is 26.7 Å². The molecule has 2 heterocycles. The molecule has 3 atom stereocenters. The van der Waals surface area contributed by atoms with Crippen LogP contribution in [0.15, 0.2) is 0 Å². The van der Waals surface area contributed by atoms with Gasteiger partial charge in [-0.05, 0) is 18.3 Å². The van der Waals surface area contributed by atoms with Gasteiger partial charge in [0.25, 0.3) is 0 Å². The maximum absolute atomic E-state index is 12.3. The van der Waals surface area contributed by atoms with Crippen LogP contribution in [0.4, 0.5) is 0 Å². The highest BCUT2D eigenvalue weighted by Gasteiger charge is 2.28. The van der Waals surface area contributed by atoms with E-state index in [9.17, 15) is 4.79 Å². The average molecular weight is 356 g/mol. The lowest BCUT2D eigenvalue weighted by atomic mass is 9.98. The van der Waals surface area contributed by atoms with Gasteiger partial charge in [0.05, 0.1) is 12.6 Å². The second-order valence-corrected chi connectivity index (χ2v) is 6.27. The number of piperazine rings is 1. The van der Waals surface area contributed by atoms with E-state index in [0.717, 1.165) is 52.4 Å². The zero-order chi connectivity index (χ0) is 14.5. The minimum absolute atomic E-state index is 0. The SMILES string of the molecule is CCC(C)C(N)C(=O)N1CCN(CC2CCOC2)CC1.Cl.Cl. The fourth-order valence-corrected chi connectivity index (χ4v) is 2.95. The van der Waals surface area contributed by atoms with Crippen LogP contribution in [0.2, 0.25) is 0 Å². The van der Waals surface area contributed by atoms with Crippen molar-refractivity contribution in [1.29, 1.82) is 0 Å². The van der Waals surface area contributed by atoms with Gasteiger partial charge in [-0.3, -0.25) is 9.69 Å². The normalized spacial score (nSPS) is 25.0. The van der Waals surface area contributed by atoms with Gasteiger partial charge in [-0.15, -0.1) is 24.8 Å². The number of rotatable bonds is 5. The molecule has 0 aromatic rings. The Hall–Kier alpha value is -0.0700. The van der Waals surface area contributed by atoms with Crippen LogP contribution in [-0.4, -0.2) is 67.7 Å². The third-order valence-corrected chi connectivity index (χ3v) is 4.77. The lowest BCUT2D eigenvalue weighted by Crippen LogP contribution is -2.55. The van der Waals surface area contributed by atoms with Gasteiger partial charge < -0.3 is 15.4 Å². The molecule has 0 aliphatic carbocycles. The van der Waals surface area contributed by atoms with Crippen LogP contribution >= 0.6 is 24.8 Å². The summed E-state index contributed by atoms with van der Waals surface area (Å²) >= 11 is 0. The summed E-state index contributed by atoms with van der Waals surface area (Å²) in [6.07, 6.45) is 2.13. The van der Waals surface area contributed by atoms with Crippen molar-refractivity contribution in [2.75, 3.05) is 45.9 Å². The fourth-order valence-electron chi connectivity index (χ4n) is 2.95.